The third-order valence-corrected chi connectivity index (χ3v) is 2.27. The van der Waals surface area contributed by atoms with Gasteiger partial charge >= 0.3 is 0 Å². The highest BCUT2D eigenvalue weighted by Gasteiger charge is 2.10. The second-order valence-corrected chi connectivity index (χ2v) is 3.57. The lowest BCUT2D eigenvalue weighted by molar-refractivity contribution is -0.806. The number of benzene rings is 1. The molecular formula is C10H8ClN3O2. The molecule has 0 aliphatic heterocycles. The monoisotopic (exact) mass is 237 g/mol. The van der Waals surface area contributed by atoms with Gasteiger partial charge in [0.2, 0.25) is 5.69 Å². The Morgan fingerprint density at radius 3 is 2.69 bits per heavy atom. The summed E-state index contributed by atoms with van der Waals surface area (Å²) in [4.78, 5) is 4.47. The van der Waals surface area contributed by atoms with Crippen molar-refractivity contribution < 1.29 is 9.53 Å². The van der Waals surface area contributed by atoms with Crippen LogP contribution in [0.3, 0.4) is 0 Å². The number of hydrogen-bond acceptors (Lipinski definition) is 4. The van der Waals surface area contributed by atoms with Crippen LogP contribution in [-0.4, -0.2) is 11.4 Å². The summed E-state index contributed by atoms with van der Waals surface area (Å²) in [6, 6.07) is 6.99. The Labute approximate surface area is 96.5 Å². The summed E-state index contributed by atoms with van der Waals surface area (Å²) < 4.78 is 4.40. The molecule has 2 aromatic rings. The van der Waals surface area contributed by atoms with Crippen LogP contribution in [0, 0.1) is 12.1 Å². The quantitative estimate of drug-likeness (QED) is 0.593. The molecule has 2 rings (SSSR count). The lowest BCUT2D eigenvalue weighted by Crippen LogP contribution is -2.26. The molecule has 0 atom stereocenters. The second-order valence-electron chi connectivity index (χ2n) is 3.14. The molecule has 1 aromatic heterocycles. The van der Waals surface area contributed by atoms with Gasteiger partial charge in [-0.2, -0.15) is 0 Å². The van der Waals surface area contributed by atoms with Gasteiger partial charge in [0.15, 0.2) is 0 Å². The van der Waals surface area contributed by atoms with Gasteiger partial charge in [-0.15, -0.1) is 0 Å². The standard InChI is InChI=1S/C10H8ClN3O2/c1-7-10(13-16-14(7)15)6-12-9-4-2-8(11)3-5-9/h2-6H,1H3. The number of halogens is 1. The van der Waals surface area contributed by atoms with Crippen LogP contribution in [-0.2, 0) is 0 Å². The number of aliphatic imine (C=N–C) groups is 1. The maximum Gasteiger partial charge on any atom is 0.262 e. The van der Waals surface area contributed by atoms with Crippen molar-refractivity contribution in [1.29, 1.82) is 0 Å². The van der Waals surface area contributed by atoms with Gasteiger partial charge in [-0.25, -0.2) is 0 Å². The molecule has 0 aliphatic carbocycles. The molecule has 82 valence electrons. The first-order valence-electron chi connectivity index (χ1n) is 4.53. The van der Waals surface area contributed by atoms with Crippen LogP contribution in [0.5, 0.6) is 0 Å². The van der Waals surface area contributed by atoms with E-state index in [1.54, 1.807) is 31.2 Å². The summed E-state index contributed by atoms with van der Waals surface area (Å²) in [6.45, 7) is 1.60. The van der Waals surface area contributed by atoms with Crippen LogP contribution in [0.15, 0.2) is 33.9 Å². The van der Waals surface area contributed by atoms with Gasteiger partial charge < -0.3 is 5.21 Å². The van der Waals surface area contributed by atoms with E-state index in [-0.39, 0.29) is 0 Å². The summed E-state index contributed by atoms with van der Waals surface area (Å²) >= 11 is 5.73. The predicted octanol–water partition coefficient (Wildman–Crippen LogP) is 2.02. The molecule has 0 saturated heterocycles. The number of aromatic nitrogens is 2. The summed E-state index contributed by atoms with van der Waals surface area (Å²) in [7, 11) is 0. The van der Waals surface area contributed by atoms with Crippen molar-refractivity contribution in [2.24, 2.45) is 4.99 Å². The smallest absolute Gasteiger partial charge is 0.262 e. The van der Waals surface area contributed by atoms with Gasteiger partial charge in [-0.3, -0.25) is 9.62 Å². The fourth-order valence-electron chi connectivity index (χ4n) is 1.08. The van der Waals surface area contributed by atoms with Crippen LogP contribution in [0.1, 0.15) is 11.4 Å². The van der Waals surface area contributed by atoms with Gasteiger partial charge in [-0.05, 0) is 29.2 Å². The van der Waals surface area contributed by atoms with Crippen LogP contribution in [0.4, 0.5) is 5.69 Å². The van der Waals surface area contributed by atoms with E-state index in [0.717, 1.165) is 5.69 Å². The zero-order valence-corrected chi connectivity index (χ0v) is 9.18. The number of hydrogen-bond donors (Lipinski definition) is 0. The van der Waals surface area contributed by atoms with Crippen molar-refractivity contribution in [3.8, 4) is 0 Å². The maximum atomic E-state index is 10.9. The minimum Gasteiger partial charge on any atom is -0.359 e. The average Bonchev–Trinajstić information content (AvgIpc) is 2.60. The molecule has 0 unspecified atom stereocenters. The van der Waals surface area contributed by atoms with Crippen LogP contribution in [0.2, 0.25) is 5.02 Å². The Bertz CT molecular complexity index is 519. The normalized spacial score (nSPS) is 11.1. The van der Waals surface area contributed by atoms with E-state index in [4.69, 9.17) is 11.6 Å². The summed E-state index contributed by atoms with van der Waals surface area (Å²) in [6.07, 6.45) is 1.47. The van der Waals surface area contributed by atoms with Gasteiger partial charge in [-0.1, -0.05) is 11.6 Å². The molecule has 0 fully saturated rings. The van der Waals surface area contributed by atoms with E-state index < -0.39 is 0 Å². The van der Waals surface area contributed by atoms with E-state index >= 15 is 0 Å². The highest BCUT2D eigenvalue weighted by molar-refractivity contribution is 6.30. The second kappa shape index (κ2) is 4.32. The first-order valence-corrected chi connectivity index (χ1v) is 4.90. The molecule has 0 bridgehead atoms. The van der Waals surface area contributed by atoms with Crippen molar-refractivity contribution in [1.82, 2.24) is 5.16 Å². The third kappa shape index (κ3) is 2.20. The molecule has 0 spiro atoms. The van der Waals surface area contributed by atoms with E-state index in [1.807, 2.05) is 0 Å². The van der Waals surface area contributed by atoms with E-state index in [2.05, 4.69) is 14.8 Å². The van der Waals surface area contributed by atoms with Crippen molar-refractivity contribution in [3.05, 3.63) is 45.9 Å². The SMILES string of the molecule is Cc1c(C=Nc2ccc(Cl)cc2)no[n+]1[O-]. The molecule has 0 radical (unpaired) electrons. The fraction of sp³-hybridized carbons (Fsp3) is 0.100. The lowest BCUT2D eigenvalue weighted by atomic mass is 10.3. The first kappa shape index (κ1) is 10.6. The molecular weight excluding hydrogens is 230 g/mol. The van der Waals surface area contributed by atoms with Crippen molar-refractivity contribution >= 4 is 23.5 Å². The molecule has 0 N–H and O–H groups in total. The minimum absolute atomic E-state index is 0.337. The fourth-order valence-corrected chi connectivity index (χ4v) is 1.21. The van der Waals surface area contributed by atoms with E-state index in [0.29, 0.717) is 21.3 Å². The molecule has 5 nitrogen and oxygen atoms in total. The van der Waals surface area contributed by atoms with Crippen LogP contribution in [0.25, 0.3) is 0 Å². The molecule has 1 aromatic carbocycles. The van der Waals surface area contributed by atoms with Crippen molar-refractivity contribution in [2.45, 2.75) is 6.92 Å². The Morgan fingerprint density at radius 2 is 2.12 bits per heavy atom. The largest absolute Gasteiger partial charge is 0.359 e. The number of nitrogens with zero attached hydrogens (tertiary/aromatic N) is 3. The summed E-state index contributed by atoms with van der Waals surface area (Å²) in [5.74, 6) is 0. The molecule has 1 heterocycles. The highest BCUT2D eigenvalue weighted by Crippen LogP contribution is 2.15. The van der Waals surface area contributed by atoms with E-state index in [9.17, 15) is 5.21 Å². The topological polar surface area (TPSA) is 65.3 Å². The van der Waals surface area contributed by atoms with Gasteiger partial charge in [0.1, 0.15) is 0 Å². The predicted molar refractivity (Wildman–Crippen MR) is 58.9 cm³/mol. The summed E-state index contributed by atoms with van der Waals surface area (Å²) in [5.41, 5.74) is 1.51. The molecule has 0 amide bonds. The molecule has 0 saturated carbocycles. The number of rotatable bonds is 2. The highest BCUT2D eigenvalue weighted by atomic mass is 35.5. The maximum absolute atomic E-state index is 10.9. The van der Waals surface area contributed by atoms with Crippen LogP contribution < -0.4 is 4.90 Å². The van der Waals surface area contributed by atoms with Crippen molar-refractivity contribution in [3.63, 3.8) is 0 Å². The van der Waals surface area contributed by atoms with E-state index in [1.165, 1.54) is 6.21 Å². The summed E-state index contributed by atoms with van der Waals surface area (Å²) in [5, 5.41) is 15.1. The Kier molecular flexibility index (Phi) is 2.87. The molecule has 0 aliphatic rings. The molecule has 16 heavy (non-hydrogen) atoms. The average molecular weight is 238 g/mol. The zero-order chi connectivity index (χ0) is 11.5. The minimum atomic E-state index is 0.337. The van der Waals surface area contributed by atoms with Crippen LogP contribution >= 0.6 is 11.6 Å². The van der Waals surface area contributed by atoms with Gasteiger partial charge in [0.25, 0.3) is 5.69 Å². The lowest BCUT2D eigenvalue weighted by Gasteiger charge is -1.91. The zero-order valence-electron chi connectivity index (χ0n) is 8.42. The van der Waals surface area contributed by atoms with Crippen molar-refractivity contribution in [2.75, 3.05) is 0 Å². The third-order valence-electron chi connectivity index (χ3n) is 2.02. The Balaban J connectivity index is 2.21. The Hall–Kier alpha value is -1.88. The molecule has 6 heteroatoms. The first-order chi connectivity index (χ1) is 7.66. The van der Waals surface area contributed by atoms with Gasteiger partial charge in [0, 0.05) is 17.1 Å². The Morgan fingerprint density at radius 1 is 1.44 bits per heavy atom. The van der Waals surface area contributed by atoms with Gasteiger partial charge in [0.05, 0.1) is 11.9 Å².